The summed E-state index contributed by atoms with van der Waals surface area (Å²) in [4.78, 5) is 4.41. The Hall–Kier alpha value is -1.62. The largest absolute Gasteiger partial charge is 0.461 e. The Labute approximate surface area is 99.2 Å². The van der Waals surface area contributed by atoms with E-state index in [1.807, 2.05) is 13.0 Å². The zero-order valence-corrected chi connectivity index (χ0v) is 9.93. The van der Waals surface area contributed by atoms with Crippen molar-refractivity contribution in [1.82, 2.24) is 15.5 Å². The van der Waals surface area contributed by atoms with E-state index in [-0.39, 0.29) is 6.04 Å². The molecule has 2 aromatic heterocycles. The molecule has 0 bridgehead atoms. The van der Waals surface area contributed by atoms with Gasteiger partial charge < -0.3 is 14.3 Å². The Balaban J connectivity index is 1.90. The number of aromatic nitrogens is 2. The fourth-order valence-electron chi connectivity index (χ4n) is 2.22. The van der Waals surface area contributed by atoms with E-state index in [4.69, 9.17) is 8.94 Å². The SMILES string of the molecule is Cc1ccoc1-c1noc(C2NCCC2C)n1. The van der Waals surface area contributed by atoms with Crippen LogP contribution in [0.15, 0.2) is 21.3 Å². The van der Waals surface area contributed by atoms with E-state index < -0.39 is 0 Å². The summed E-state index contributed by atoms with van der Waals surface area (Å²) in [5.74, 6) is 2.40. The molecule has 17 heavy (non-hydrogen) atoms. The van der Waals surface area contributed by atoms with E-state index in [0.717, 1.165) is 18.5 Å². The first-order chi connectivity index (χ1) is 8.25. The van der Waals surface area contributed by atoms with Crippen molar-refractivity contribution >= 4 is 0 Å². The Morgan fingerprint density at radius 1 is 1.47 bits per heavy atom. The molecule has 1 aliphatic heterocycles. The molecule has 1 saturated heterocycles. The molecule has 0 radical (unpaired) electrons. The molecule has 2 atom stereocenters. The van der Waals surface area contributed by atoms with Crippen LogP contribution in [0.4, 0.5) is 0 Å². The second kappa shape index (κ2) is 4.00. The quantitative estimate of drug-likeness (QED) is 0.862. The summed E-state index contributed by atoms with van der Waals surface area (Å²) in [6.45, 7) is 5.15. The Morgan fingerprint density at radius 3 is 3.00 bits per heavy atom. The maximum Gasteiger partial charge on any atom is 0.244 e. The minimum Gasteiger partial charge on any atom is -0.461 e. The average molecular weight is 233 g/mol. The predicted molar refractivity (Wildman–Crippen MR) is 61.3 cm³/mol. The van der Waals surface area contributed by atoms with Crippen LogP contribution in [0.2, 0.25) is 0 Å². The van der Waals surface area contributed by atoms with E-state index in [9.17, 15) is 0 Å². The highest BCUT2D eigenvalue weighted by Gasteiger charge is 2.29. The van der Waals surface area contributed by atoms with Crippen molar-refractivity contribution in [2.24, 2.45) is 5.92 Å². The molecule has 1 N–H and O–H groups in total. The molecule has 3 rings (SSSR count). The standard InChI is InChI=1S/C12H15N3O2/c1-7-3-5-13-9(7)12-14-11(15-17-12)10-8(2)4-6-16-10/h4,6-7,9,13H,3,5H2,1-2H3. The van der Waals surface area contributed by atoms with Gasteiger partial charge >= 0.3 is 0 Å². The van der Waals surface area contributed by atoms with Gasteiger partial charge in [0.05, 0.1) is 12.3 Å². The second-order valence-corrected chi connectivity index (χ2v) is 4.59. The van der Waals surface area contributed by atoms with Gasteiger partial charge in [-0.2, -0.15) is 4.98 Å². The summed E-state index contributed by atoms with van der Waals surface area (Å²) in [6, 6.07) is 2.06. The minimum absolute atomic E-state index is 0.173. The first kappa shape index (κ1) is 10.5. The summed E-state index contributed by atoms with van der Waals surface area (Å²) < 4.78 is 10.7. The lowest BCUT2D eigenvalue weighted by molar-refractivity contribution is 0.319. The van der Waals surface area contributed by atoms with Crippen LogP contribution >= 0.6 is 0 Å². The van der Waals surface area contributed by atoms with Gasteiger partial charge in [0.25, 0.3) is 0 Å². The highest BCUT2D eigenvalue weighted by atomic mass is 16.5. The van der Waals surface area contributed by atoms with Crippen LogP contribution in [0.25, 0.3) is 11.6 Å². The normalized spacial score (nSPS) is 24.4. The van der Waals surface area contributed by atoms with Crippen LogP contribution in [-0.2, 0) is 0 Å². The highest BCUT2D eigenvalue weighted by Crippen LogP contribution is 2.29. The lowest BCUT2D eigenvalue weighted by Crippen LogP contribution is -2.16. The molecule has 5 heteroatoms. The number of aryl methyl sites for hydroxylation is 1. The van der Waals surface area contributed by atoms with Crippen molar-refractivity contribution in [3.05, 3.63) is 23.8 Å². The minimum atomic E-state index is 0.173. The fourth-order valence-corrected chi connectivity index (χ4v) is 2.22. The Bertz CT molecular complexity index is 517. The van der Waals surface area contributed by atoms with Gasteiger partial charge in [0.15, 0.2) is 5.76 Å². The molecular weight excluding hydrogens is 218 g/mol. The van der Waals surface area contributed by atoms with Gasteiger partial charge in [-0.15, -0.1) is 0 Å². The lowest BCUT2D eigenvalue weighted by atomic mass is 10.0. The molecule has 0 aromatic carbocycles. The van der Waals surface area contributed by atoms with Crippen molar-refractivity contribution in [2.45, 2.75) is 26.3 Å². The van der Waals surface area contributed by atoms with Crippen LogP contribution in [0, 0.1) is 12.8 Å². The number of rotatable bonds is 2. The third kappa shape index (κ3) is 1.76. The first-order valence-electron chi connectivity index (χ1n) is 5.87. The summed E-state index contributed by atoms with van der Waals surface area (Å²) in [7, 11) is 0. The highest BCUT2D eigenvalue weighted by molar-refractivity contribution is 5.51. The van der Waals surface area contributed by atoms with Crippen molar-refractivity contribution in [3.63, 3.8) is 0 Å². The number of nitrogens with zero attached hydrogens (tertiary/aromatic N) is 2. The van der Waals surface area contributed by atoms with Gasteiger partial charge in [0.1, 0.15) is 0 Å². The zero-order valence-electron chi connectivity index (χ0n) is 9.93. The maximum atomic E-state index is 5.35. The first-order valence-corrected chi connectivity index (χ1v) is 5.87. The maximum absolute atomic E-state index is 5.35. The molecule has 1 aliphatic rings. The number of hydrogen-bond acceptors (Lipinski definition) is 5. The second-order valence-electron chi connectivity index (χ2n) is 4.59. The number of furan rings is 1. The molecule has 90 valence electrons. The van der Waals surface area contributed by atoms with E-state index in [0.29, 0.717) is 23.4 Å². The van der Waals surface area contributed by atoms with E-state index in [2.05, 4.69) is 22.4 Å². The van der Waals surface area contributed by atoms with Crippen LogP contribution in [-0.4, -0.2) is 16.7 Å². The molecule has 3 heterocycles. The summed E-state index contributed by atoms with van der Waals surface area (Å²) in [6.07, 6.45) is 2.78. The number of hydrogen-bond donors (Lipinski definition) is 1. The molecule has 5 nitrogen and oxygen atoms in total. The van der Waals surface area contributed by atoms with Gasteiger partial charge in [0, 0.05) is 0 Å². The topological polar surface area (TPSA) is 64.1 Å². The van der Waals surface area contributed by atoms with Crippen LogP contribution in [0.5, 0.6) is 0 Å². The molecule has 0 amide bonds. The molecule has 0 spiro atoms. The van der Waals surface area contributed by atoms with Crippen molar-refractivity contribution in [1.29, 1.82) is 0 Å². The summed E-state index contributed by atoms with van der Waals surface area (Å²) in [5, 5.41) is 7.35. The van der Waals surface area contributed by atoms with E-state index in [1.54, 1.807) is 6.26 Å². The predicted octanol–water partition coefficient (Wildman–Crippen LogP) is 2.31. The van der Waals surface area contributed by atoms with E-state index >= 15 is 0 Å². The van der Waals surface area contributed by atoms with Crippen LogP contribution < -0.4 is 5.32 Å². The molecule has 1 fully saturated rings. The summed E-state index contributed by atoms with van der Waals surface area (Å²) in [5.41, 5.74) is 1.02. The van der Waals surface area contributed by atoms with Gasteiger partial charge in [-0.3, -0.25) is 0 Å². The molecular formula is C12H15N3O2. The molecule has 2 unspecified atom stereocenters. The third-order valence-corrected chi connectivity index (χ3v) is 3.31. The summed E-state index contributed by atoms with van der Waals surface area (Å²) >= 11 is 0. The van der Waals surface area contributed by atoms with E-state index in [1.165, 1.54) is 0 Å². The monoisotopic (exact) mass is 233 g/mol. The fraction of sp³-hybridized carbons (Fsp3) is 0.500. The van der Waals surface area contributed by atoms with Gasteiger partial charge in [-0.25, -0.2) is 0 Å². The van der Waals surface area contributed by atoms with Gasteiger partial charge in [-0.1, -0.05) is 12.1 Å². The smallest absolute Gasteiger partial charge is 0.244 e. The van der Waals surface area contributed by atoms with Gasteiger partial charge in [0.2, 0.25) is 11.7 Å². The average Bonchev–Trinajstić information content (AvgIpc) is 2.97. The van der Waals surface area contributed by atoms with Crippen molar-refractivity contribution < 1.29 is 8.94 Å². The van der Waals surface area contributed by atoms with Crippen LogP contribution in [0.1, 0.15) is 30.8 Å². The Kier molecular flexibility index (Phi) is 2.48. The molecule has 0 saturated carbocycles. The van der Waals surface area contributed by atoms with Gasteiger partial charge in [-0.05, 0) is 37.4 Å². The van der Waals surface area contributed by atoms with Crippen molar-refractivity contribution in [3.8, 4) is 11.6 Å². The van der Waals surface area contributed by atoms with Crippen molar-refractivity contribution in [2.75, 3.05) is 6.54 Å². The van der Waals surface area contributed by atoms with Crippen LogP contribution in [0.3, 0.4) is 0 Å². The Morgan fingerprint density at radius 2 is 2.35 bits per heavy atom. The zero-order chi connectivity index (χ0) is 11.8. The lowest BCUT2D eigenvalue weighted by Gasteiger charge is -2.08. The third-order valence-electron chi connectivity index (χ3n) is 3.31. The molecule has 2 aromatic rings. The molecule has 0 aliphatic carbocycles. The number of nitrogens with one attached hydrogen (secondary N) is 1.